The van der Waals surface area contributed by atoms with E-state index in [0.29, 0.717) is 6.61 Å². The van der Waals surface area contributed by atoms with Gasteiger partial charge in [0.05, 0.1) is 6.61 Å². The Hall–Kier alpha value is -1.87. The third kappa shape index (κ3) is 1.97. The molecule has 0 unspecified atom stereocenters. The number of carbonyl (C=O) groups excluding carboxylic acids is 1. The van der Waals surface area contributed by atoms with Gasteiger partial charge in [-0.3, -0.25) is 0 Å². The molecule has 18 heavy (non-hydrogen) atoms. The summed E-state index contributed by atoms with van der Waals surface area (Å²) in [6, 6.07) is 14.3. The van der Waals surface area contributed by atoms with Gasteiger partial charge >= 0.3 is 5.97 Å². The van der Waals surface area contributed by atoms with Crippen molar-refractivity contribution in [2.24, 2.45) is 0 Å². The summed E-state index contributed by atoms with van der Waals surface area (Å²) < 4.78 is 10.3. The maximum atomic E-state index is 11.5. The van der Waals surface area contributed by atoms with E-state index in [9.17, 15) is 4.79 Å². The Balaban J connectivity index is 1.82. The van der Waals surface area contributed by atoms with Crippen LogP contribution in [0.25, 0.3) is 10.8 Å². The van der Waals surface area contributed by atoms with Gasteiger partial charge in [0.25, 0.3) is 0 Å². The summed E-state index contributed by atoms with van der Waals surface area (Å²) in [4.78, 5) is 11.5. The lowest BCUT2D eigenvalue weighted by atomic mass is 10.0. The number of ether oxygens (including phenoxy) is 2. The van der Waals surface area contributed by atoms with Crippen molar-refractivity contribution < 1.29 is 14.3 Å². The van der Waals surface area contributed by atoms with Crippen molar-refractivity contribution in [3.8, 4) is 0 Å². The van der Waals surface area contributed by atoms with Crippen LogP contribution in [0.2, 0.25) is 0 Å². The summed E-state index contributed by atoms with van der Waals surface area (Å²) >= 11 is 0. The molecule has 1 aliphatic rings. The van der Waals surface area contributed by atoms with Crippen LogP contribution in [0.4, 0.5) is 0 Å². The number of hydrogen-bond donors (Lipinski definition) is 0. The van der Waals surface area contributed by atoms with Crippen molar-refractivity contribution in [2.75, 3.05) is 6.61 Å². The fourth-order valence-corrected chi connectivity index (χ4v) is 2.15. The molecule has 0 radical (unpaired) electrons. The Kier molecular flexibility index (Phi) is 2.76. The lowest BCUT2D eigenvalue weighted by Crippen LogP contribution is -2.11. The predicted octanol–water partition coefficient (Wildman–Crippen LogP) is 2.84. The number of hydrogen-bond acceptors (Lipinski definition) is 3. The molecule has 0 N–H and O–H groups in total. The van der Waals surface area contributed by atoms with E-state index in [-0.39, 0.29) is 12.1 Å². The highest BCUT2D eigenvalue weighted by molar-refractivity contribution is 5.84. The molecule has 1 heterocycles. The first-order chi connectivity index (χ1) is 8.79. The van der Waals surface area contributed by atoms with Crippen LogP contribution >= 0.6 is 0 Å². The highest BCUT2D eigenvalue weighted by Crippen LogP contribution is 2.40. The largest absolute Gasteiger partial charge is 0.464 e. The standard InChI is InChI=1S/C15H14O3/c1-2-17-15(16)14-13(18-14)12-8-7-10-5-3-4-6-11(10)9-12/h3-9,13-14H,2H2,1H3/t13-,14+/m0/s1. The van der Waals surface area contributed by atoms with Gasteiger partial charge in [-0.15, -0.1) is 0 Å². The molecule has 0 bridgehead atoms. The van der Waals surface area contributed by atoms with E-state index < -0.39 is 6.10 Å². The van der Waals surface area contributed by atoms with Gasteiger partial charge in [0, 0.05) is 0 Å². The third-order valence-electron chi connectivity index (χ3n) is 3.11. The van der Waals surface area contributed by atoms with E-state index in [1.165, 1.54) is 5.39 Å². The van der Waals surface area contributed by atoms with Crippen LogP contribution in [0.5, 0.6) is 0 Å². The van der Waals surface area contributed by atoms with E-state index in [2.05, 4.69) is 24.3 Å². The van der Waals surface area contributed by atoms with Crippen LogP contribution in [0.1, 0.15) is 18.6 Å². The average molecular weight is 242 g/mol. The van der Waals surface area contributed by atoms with E-state index in [1.807, 2.05) is 18.2 Å². The first-order valence-corrected chi connectivity index (χ1v) is 6.10. The number of rotatable bonds is 3. The summed E-state index contributed by atoms with van der Waals surface area (Å²) in [5.74, 6) is -0.268. The second-order valence-corrected chi connectivity index (χ2v) is 4.34. The first kappa shape index (κ1) is 11.2. The molecule has 1 fully saturated rings. The zero-order chi connectivity index (χ0) is 12.5. The molecule has 3 nitrogen and oxygen atoms in total. The zero-order valence-corrected chi connectivity index (χ0v) is 10.1. The summed E-state index contributed by atoms with van der Waals surface area (Å²) in [7, 11) is 0. The molecule has 2 atom stereocenters. The molecule has 2 aromatic carbocycles. The fraction of sp³-hybridized carbons (Fsp3) is 0.267. The van der Waals surface area contributed by atoms with Gasteiger partial charge in [0.1, 0.15) is 6.10 Å². The van der Waals surface area contributed by atoms with E-state index in [4.69, 9.17) is 9.47 Å². The number of epoxide rings is 1. The van der Waals surface area contributed by atoms with E-state index in [0.717, 1.165) is 10.9 Å². The SMILES string of the molecule is CCOC(=O)[C@@H]1O[C@H]1c1ccc2ccccc2c1. The molecular weight excluding hydrogens is 228 g/mol. The Labute approximate surface area is 105 Å². The molecular formula is C15H14O3. The molecule has 1 saturated heterocycles. The molecule has 3 heteroatoms. The summed E-state index contributed by atoms with van der Waals surface area (Å²) in [5, 5.41) is 2.35. The normalized spacial score (nSPS) is 21.8. The Morgan fingerprint density at radius 1 is 1.22 bits per heavy atom. The summed E-state index contributed by atoms with van der Waals surface area (Å²) in [6.07, 6.45) is -0.570. The first-order valence-electron chi connectivity index (χ1n) is 6.10. The molecule has 1 aliphatic heterocycles. The van der Waals surface area contributed by atoms with E-state index >= 15 is 0 Å². The quantitative estimate of drug-likeness (QED) is 0.613. The van der Waals surface area contributed by atoms with Crippen LogP contribution in [-0.4, -0.2) is 18.7 Å². The second kappa shape index (κ2) is 4.42. The Bertz CT molecular complexity index is 591. The molecule has 0 spiro atoms. The van der Waals surface area contributed by atoms with Gasteiger partial charge in [0.15, 0.2) is 6.10 Å². The zero-order valence-electron chi connectivity index (χ0n) is 10.1. The van der Waals surface area contributed by atoms with Crippen LogP contribution in [0, 0.1) is 0 Å². The van der Waals surface area contributed by atoms with Crippen molar-refractivity contribution in [3.05, 3.63) is 48.0 Å². The van der Waals surface area contributed by atoms with Crippen molar-refractivity contribution in [3.63, 3.8) is 0 Å². The van der Waals surface area contributed by atoms with Crippen molar-refractivity contribution in [1.82, 2.24) is 0 Å². The average Bonchev–Trinajstić information content (AvgIpc) is 3.19. The van der Waals surface area contributed by atoms with Gasteiger partial charge < -0.3 is 9.47 Å². The Morgan fingerprint density at radius 3 is 2.78 bits per heavy atom. The molecule has 0 amide bonds. The highest BCUT2D eigenvalue weighted by Gasteiger charge is 2.47. The van der Waals surface area contributed by atoms with E-state index in [1.54, 1.807) is 6.92 Å². The second-order valence-electron chi connectivity index (χ2n) is 4.34. The lowest BCUT2D eigenvalue weighted by molar-refractivity contribution is -0.144. The smallest absolute Gasteiger partial charge is 0.338 e. The van der Waals surface area contributed by atoms with Gasteiger partial charge in [0.2, 0.25) is 0 Å². The van der Waals surface area contributed by atoms with Crippen LogP contribution in [-0.2, 0) is 14.3 Å². The minimum atomic E-state index is -0.425. The van der Waals surface area contributed by atoms with Crippen LogP contribution in [0.3, 0.4) is 0 Å². The molecule has 2 aromatic rings. The van der Waals surface area contributed by atoms with Crippen molar-refractivity contribution in [2.45, 2.75) is 19.1 Å². The number of benzene rings is 2. The molecule has 3 rings (SSSR count). The molecule has 0 saturated carbocycles. The summed E-state index contributed by atoms with van der Waals surface area (Å²) in [5.41, 5.74) is 1.03. The monoisotopic (exact) mass is 242 g/mol. The minimum absolute atomic E-state index is 0.145. The van der Waals surface area contributed by atoms with Crippen molar-refractivity contribution in [1.29, 1.82) is 0 Å². The van der Waals surface area contributed by atoms with Crippen LogP contribution < -0.4 is 0 Å². The maximum absolute atomic E-state index is 11.5. The summed E-state index contributed by atoms with van der Waals surface area (Å²) in [6.45, 7) is 2.19. The van der Waals surface area contributed by atoms with Gasteiger partial charge in [-0.2, -0.15) is 0 Å². The van der Waals surface area contributed by atoms with Gasteiger partial charge in [-0.1, -0.05) is 36.4 Å². The number of fused-ring (bicyclic) bond motifs is 1. The molecule has 0 aromatic heterocycles. The maximum Gasteiger partial charge on any atom is 0.338 e. The van der Waals surface area contributed by atoms with Crippen LogP contribution in [0.15, 0.2) is 42.5 Å². The van der Waals surface area contributed by atoms with Gasteiger partial charge in [-0.25, -0.2) is 4.79 Å². The fourth-order valence-electron chi connectivity index (χ4n) is 2.15. The topological polar surface area (TPSA) is 38.8 Å². The Morgan fingerprint density at radius 2 is 2.00 bits per heavy atom. The van der Waals surface area contributed by atoms with Crippen molar-refractivity contribution >= 4 is 16.7 Å². The minimum Gasteiger partial charge on any atom is -0.464 e. The number of carbonyl (C=O) groups is 1. The molecule has 92 valence electrons. The highest BCUT2D eigenvalue weighted by atomic mass is 16.6. The predicted molar refractivity (Wildman–Crippen MR) is 68.2 cm³/mol. The van der Waals surface area contributed by atoms with Gasteiger partial charge in [-0.05, 0) is 29.3 Å². The number of esters is 1. The lowest BCUT2D eigenvalue weighted by Gasteiger charge is -2.01. The molecule has 0 aliphatic carbocycles. The third-order valence-corrected chi connectivity index (χ3v) is 3.11.